The van der Waals surface area contributed by atoms with E-state index in [9.17, 15) is 14.4 Å². The van der Waals surface area contributed by atoms with Gasteiger partial charge in [-0.2, -0.15) is 0 Å². The maximum atomic E-state index is 11.1. The average Bonchev–Trinajstić information content (AvgIpc) is 2.30. The van der Waals surface area contributed by atoms with Gasteiger partial charge < -0.3 is 4.74 Å². The van der Waals surface area contributed by atoms with E-state index in [-0.39, 0.29) is 12.5 Å². The molecule has 0 spiro atoms. The van der Waals surface area contributed by atoms with Crippen molar-refractivity contribution in [3.05, 3.63) is 0 Å². The van der Waals surface area contributed by atoms with Crippen LogP contribution in [0.4, 0.5) is 0 Å². The van der Waals surface area contributed by atoms with Crippen LogP contribution < -0.4 is 0 Å². The molecule has 0 aliphatic carbocycles. The van der Waals surface area contributed by atoms with Crippen molar-refractivity contribution < 1.29 is 19.1 Å². The summed E-state index contributed by atoms with van der Waals surface area (Å²) in [5.41, 5.74) is 0. The lowest BCUT2D eigenvalue weighted by Crippen LogP contribution is -2.29. The lowest BCUT2D eigenvalue weighted by molar-refractivity contribution is -0.148. The summed E-state index contributed by atoms with van der Waals surface area (Å²) >= 11 is 0. The molecule has 1 rings (SSSR count). The predicted octanol–water partition coefficient (Wildman–Crippen LogP) is -0.0464. The van der Waals surface area contributed by atoms with Gasteiger partial charge in [-0.05, 0) is 0 Å². The number of ether oxygens (including phenoxy) is 1. The van der Waals surface area contributed by atoms with Crippen LogP contribution in [0.5, 0.6) is 0 Å². The molecule has 1 heterocycles. The maximum absolute atomic E-state index is 11.1. The lowest BCUT2D eigenvalue weighted by atomic mass is 9.91. The highest BCUT2D eigenvalue weighted by Gasteiger charge is 2.40. The number of hydrogen-bond acceptors (Lipinski definition) is 4. The van der Waals surface area contributed by atoms with Crippen molar-refractivity contribution >= 4 is 17.5 Å². The number of carbonyl (C=O) groups excluding carboxylic acids is 3. The SMILES string of the molecule is CC(=O)C(=O)C1C(=O)OCC1C. The van der Waals surface area contributed by atoms with Gasteiger partial charge in [-0.3, -0.25) is 14.4 Å². The van der Waals surface area contributed by atoms with Crippen molar-refractivity contribution in [3.8, 4) is 0 Å². The highest BCUT2D eigenvalue weighted by Crippen LogP contribution is 2.22. The van der Waals surface area contributed by atoms with Crippen molar-refractivity contribution in [1.29, 1.82) is 0 Å². The van der Waals surface area contributed by atoms with Crippen LogP contribution in [-0.4, -0.2) is 24.1 Å². The standard InChI is InChI=1S/C8H10O4/c1-4-3-12-8(11)6(4)7(10)5(2)9/h4,6H,3H2,1-2H3. The van der Waals surface area contributed by atoms with E-state index >= 15 is 0 Å². The quantitative estimate of drug-likeness (QED) is 0.331. The molecule has 1 fully saturated rings. The molecule has 1 aliphatic rings. The van der Waals surface area contributed by atoms with Crippen molar-refractivity contribution in [2.45, 2.75) is 13.8 Å². The molecule has 4 heteroatoms. The first-order valence-corrected chi connectivity index (χ1v) is 3.75. The average molecular weight is 170 g/mol. The zero-order valence-corrected chi connectivity index (χ0v) is 6.99. The van der Waals surface area contributed by atoms with E-state index in [0.717, 1.165) is 0 Å². The van der Waals surface area contributed by atoms with Crippen LogP contribution in [0.1, 0.15) is 13.8 Å². The van der Waals surface area contributed by atoms with Crippen LogP contribution in [0.2, 0.25) is 0 Å². The van der Waals surface area contributed by atoms with Gasteiger partial charge in [0.15, 0.2) is 5.78 Å². The van der Waals surface area contributed by atoms with Gasteiger partial charge in [-0.1, -0.05) is 6.92 Å². The summed E-state index contributed by atoms with van der Waals surface area (Å²) < 4.78 is 4.64. The molecule has 2 atom stereocenters. The van der Waals surface area contributed by atoms with Crippen molar-refractivity contribution in [2.24, 2.45) is 11.8 Å². The number of Topliss-reactive ketones (excluding diaryl/α,β-unsaturated/α-hetero) is 2. The zero-order chi connectivity index (χ0) is 9.30. The van der Waals surface area contributed by atoms with E-state index < -0.39 is 23.5 Å². The van der Waals surface area contributed by atoms with Crippen LogP contribution in [0, 0.1) is 11.8 Å². The topological polar surface area (TPSA) is 60.4 Å². The van der Waals surface area contributed by atoms with Gasteiger partial charge in [0.1, 0.15) is 5.92 Å². The first-order chi connectivity index (χ1) is 5.54. The first-order valence-electron chi connectivity index (χ1n) is 3.75. The largest absolute Gasteiger partial charge is 0.465 e. The van der Waals surface area contributed by atoms with E-state index in [1.807, 2.05) is 0 Å². The third-order valence-electron chi connectivity index (χ3n) is 1.94. The molecule has 0 radical (unpaired) electrons. The lowest BCUT2D eigenvalue weighted by Gasteiger charge is -2.05. The van der Waals surface area contributed by atoms with Gasteiger partial charge in [0.25, 0.3) is 0 Å². The zero-order valence-electron chi connectivity index (χ0n) is 6.99. The molecule has 2 unspecified atom stereocenters. The van der Waals surface area contributed by atoms with Gasteiger partial charge in [-0.25, -0.2) is 0 Å². The Balaban J connectivity index is 2.79. The van der Waals surface area contributed by atoms with Crippen LogP contribution in [-0.2, 0) is 19.1 Å². The Morgan fingerprint density at radius 2 is 2.08 bits per heavy atom. The summed E-state index contributed by atoms with van der Waals surface area (Å²) in [5, 5.41) is 0. The molecule has 0 N–H and O–H groups in total. The number of ketones is 2. The van der Waals surface area contributed by atoms with E-state index in [2.05, 4.69) is 4.74 Å². The van der Waals surface area contributed by atoms with Crippen molar-refractivity contribution in [3.63, 3.8) is 0 Å². The third kappa shape index (κ3) is 1.37. The fourth-order valence-electron chi connectivity index (χ4n) is 1.22. The Bertz CT molecular complexity index is 243. The second kappa shape index (κ2) is 3.05. The van der Waals surface area contributed by atoms with E-state index in [4.69, 9.17) is 0 Å². The molecule has 0 saturated carbocycles. The van der Waals surface area contributed by atoms with Crippen LogP contribution in [0.15, 0.2) is 0 Å². The Morgan fingerprint density at radius 1 is 1.50 bits per heavy atom. The minimum atomic E-state index is -0.859. The normalized spacial score (nSPS) is 28.3. The van der Waals surface area contributed by atoms with Gasteiger partial charge >= 0.3 is 5.97 Å². The minimum absolute atomic E-state index is 0.172. The molecule has 0 aromatic rings. The number of cyclic esters (lactones) is 1. The summed E-state index contributed by atoms with van der Waals surface area (Å²) in [6.07, 6.45) is 0. The minimum Gasteiger partial charge on any atom is -0.465 e. The molecule has 12 heavy (non-hydrogen) atoms. The van der Waals surface area contributed by atoms with Gasteiger partial charge in [0, 0.05) is 12.8 Å². The molecule has 66 valence electrons. The number of esters is 1. The highest BCUT2D eigenvalue weighted by atomic mass is 16.5. The van der Waals surface area contributed by atoms with Gasteiger partial charge in [-0.15, -0.1) is 0 Å². The van der Waals surface area contributed by atoms with E-state index in [1.54, 1.807) is 6.92 Å². The summed E-state index contributed by atoms with van der Waals surface area (Å²) in [6, 6.07) is 0. The van der Waals surface area contributed by atoms with E-state index in [0.29, 0.717) is 0 Å². The van der Waals surface area contributed by atoms with Crippen molar-refractivity contribution in [2.75, 3.05) is 6.61 Å². The van der Waals surface area contributed by atoms with E-state index in [1.165, 1.54) is 6.92 Å². The molecule has 0 aromatic heterocycles. The summed E-state index contributed by atoms with van der Waals surface area (Å²) in [7, 11) is 0. The first kappa shape index (κ1) is 8.90. The molecule has 0 aromatic carbocycles. The summed E-state index contributed by atoms with van der Waals surface area (Å²) in [6.45, 7) is 3.12. The second-order valence-electron chi connectivity index (χ2n) is 3.01. The predicted molar refractivity (Wildman–Crippen MR) is 39.3 cm³/mol. The Kier molecular flexibility index (Phi) is 2.26. The molecular weight excluding hydrogens is 160 g/mol. The highest BCUT2D eigenvalue weighted by molar-refractivity contribution is 6.40. The molecular formula is C8H10O4. The Morgan fingerprint density at radius 3 is 2.42 bits per heavy atom. The fraction of sp³-hybridized carbons (Fsp3) is 0.625. The smallest absolute Gasteiger partial charge is 0.317 e. The Hall–Kier alpha value is -1.19. The summed E-state index contributed by atoms with van der Waals surface area (Å²) in [4.78, 5) is 32.7. The number of carbonyl (C=O) groups is 3. The van der Waals surface area contributed by atoms with Gasteiger partial charge in [0.2, 0.25) is 5.78 Å². The number of rotatable bonds is 2. The molecule has 1 aliphatic heterocycles. The molecule has 1 saturated heterocycles. The van der Waals surface area contributed by atoms with Gasteiger partial charge in [0.05, 0.1) is 6.61 Å². The second-order valence-corrected chi connectivity index (χ2v) is 3.01. The van der Waals surface area contributed by atoms with Crippen LogP contribution in [0.25, 0.3) is 0 Å². The maximum Gasteiger partial charge on any atom is 0.317 e. The van der Waals surface area contributed by atoms with Crippen LogP contribution in [0.3, 0.4) is 0 Å². The van der Waals surface area contributed by atoms with Crippen molar-refractivity contribution in [1.82, 2.24) is 0 Å². The summed E-state index contributed by atoms with van der Waals surface area (Å²) in [5.74, 6) is -2.81. The Labute approximate surface area is 69.9 Å². The number of hydrogen-bond donors (Lipinski definition) is 0. The monoisotopic (exact) mass is 170 g/mol. The molecule has 0 amide bonds. The fourth-order valence-corrected chi connectivity index (χ4v) is 1.22. The third-order valence-corrected chi connectivity index (χ3v) is 1.94. The van der Waals surface area contributed by atoms with Crippen LogP contribution >= 0.6 is 0 Å². The molecule has 4 nitrogen and oxygen atoms in total. The molecule has 0 bridgehead atoms.